The number of amides is 1. The van der Waals surface area contributed by atoms with Gasteiger partial charge in [-0.1, -0.05) is 0 Å². The number of nitrogens with zero attached hydrogens (tertiary/aromatic N) is 2. The van der Waals surface area contributed by atoms with Gasteiger partial charge in [-0.3, -0.25) is 4.79 Å². The van der Waals surface area contributed by atoms with Crippen molar-refractivity contribution in [1.29, 1.82) is 0 Å². The van der Waals surface area contributed by atoms with Gasteiger partial charge in [0.1, 0.15) is 0 Å². The molecule has 5 nitrogen and oxygen atoms in total. The summed E-state index contributed by atoms with van der Waals surface area (Å²) in [6.45, 7) is 2.14. The first kappa shape index (κ1) is 14.6. The van der Waals surface area contributed by atoms with Crippen molar-refractivity contribution < 1.29 is 4.79 Å². The molecule has 0 aliphatic carbocycles. The standard InChI is InChI=1S/C14H18N4OS2/c19-12(1-2-13-16-7-8-20-13)18-14-17-9-11(21-14)10-3-5-15-6-4-10/h7-10,15H,1-6H2,(H,17,18,19). The van der Waals surface area contributed by atoms with E-state index >= 15 is 0 Å². The minimum Gasteiger partial charge on any atom is -0.317 e. The second-order valence-corrected chi connectivity index (χ2v) is 7.11. The van der Waals surface area contributed by atoms with Gasteiger partial charge in [-0.15, -0.1) is 22.7 Å². The average Bonchev–Trinajstić information content (AvgIpc) is 3.17. The number of carbonyl (C=O) groups is 1. The van der Waals surface area contributed by atoms with Gasteiger partial charge in [0, 0.05) is 35.5 Å². The summed E-state index contributed by atoms with van der Waals surface area (Å²) in [5.41, 5.74) is 0. The van der Waals surface area contributed by atoms with Crippen LogP contribution in [0.3, 0.4) is 0 Å². The van der Waals surface area contributed by atoms with Crippen LogP contribution in [0.25, 0.3) is 0 Å². The maximum atomic E-state index is 11.9. The third-order valence-corrected chi connectivity index (χ3v) is 5.48. The summed E-state index contributed by atoms with van der Waals surface area (Å²) >= 11 is 3.19. The lowest BCUT2D eigenvalue weighted by atomic mass is 9.97. The number of aryl methyl sites for hydroxylation is 1. The minimum absolute atomic E-state index is 0.0106. The number of aromatic nitrogens is 2. The Bertz CT molecular complexity index is 576. The molecule has 1 aliphatic heterocycles. The van der Waals surface area contributed by atoms with Crippen LogP contribution in [0, 0.1) is 0 Å². The summed E-state index contributed by atoms with van der Waals surface area (Å²) in [6, 6.07) is 0. The molecule has 1 fully saturated rings. The van der Waals surface area contributed by atoms with Gasteiger partial charge in [0.05, 0.1) is 5.01 Å². The van der Waals surface area contributed by atoms with Gasteiger partial charge >= 0.3 is 0 Å². The summed E-state index contributed by atoms with van der Waals surface area (Å²) in [4.78, 5) is 21.7. The van der Waals surface area contributed by atoms with Crippen molar-refractivity contribution in [3.05, 3.63) is 27.7 Å². The van der Waals surface area contributed by atoms with E-state index in [2.05, 4.69) is 20.6 Å². The fraction of sp³-hybridized carbons (Fsp3) is 0.500. The first-order valence-electron chi connectivity index (χ1n) is 7.16. The predicted molar refractivity (Wildman–Crippen MR) is 86.0 cm³/mol. The van der Waals surface area contributed by atoms with Gasteiger partial charge < -0.3 is 10.6 Å². The number of anilines is 1. The summed E-state index contributed by atoms with van der Waals surface area (Å²) in [5.74, 6) is 0.598. The highest BCUT2D eigenvalue weighted by atomic mass is 32.1. The Balaban J connectivity index is 1.50. The summed E-state index contributed by atoms with van der Waals surface area (Å²) in [7, 11) is 0. The summed E-state index contributed by atoms with van der Waals surface area (Å²) in [6.07, 6.45) is 7.13. The second-order valence-electron chi connectivity index (χ2n) is 5.07. The topological polar surface area (TPSA) is 66.9 Å². The second kappa shape index (κ2) is 7.11. The zero-order valence-electron chi connectivity index (χ0n) is 11.7. The fourth-order valence-corrected chi connectivity index (χ4v) is 4.04. The van der Waals surface area contributed by atoms with Crippen molar-refractivity contribution in [2.45, 2.75) is 31.6 Å². The molecule has 1 saturated heterocycles. The first-order valence-corrected chi connectivity index (χ1v) is 8.85. The SMILES string of the molecule is O=C(CCc1nccs1)Nc1ncc(C2CCNCC2)s1. The molecule has 2 aromatic heterocycles. The molecular formula is C14H18N4OS2. The molecule has 0 spiro atoms. The molecule has 3 heterocycles. The maximum Gasteiger partial charge on any atom is 0.226 e. The average molecular weight is 322 g/mol. The molecule has 0 bridgehead atoms. The summed E-state index contributed by atoms with van der Waals surface area (Å²) in [5, 5.41) is 9.90. The van der Waals surface area contributed by atoms with Crippen molar-refractivity contribution in [2.75, 3.05) is 18.4 Å². The van der Waals surface area contributed by atoms with Gasteiger partial charge in [0.25, 0.3) is 0 Å². The van der Waals surface area contributed by atoms with Crippen LogP contribution < -0.4 is 10.6 Å². The molecule has 0 saturated carbocycles. The van der Waals surface area contributed by atoms with Crippen LogP contribution in [-0.2, 0) is 11.2 Å². The molecule has 2 N–H and O–H groups in total. The Kier molecular flexibility index (Phi) is 4.95. The van der Waals surface area contributed by atoms with E-state index in [0.717, 1.165) is 30.9 Å². The molecule has 2 aromatic rings. The molecule has 0 atom stereocenters. The number of nitrogens with one attached hydrogen (secondary N) is 2. The molecule has 0 radical (unpaired) electrons. The highest BCUT2D eigenvalue weighted by Crippen LogP contribution is 2.31. The van der Waals surface area contributed by atoms with Crippen LogP contribution in [0.2, 0.25) is 0 Å². The highest BCUT2D eigenvalue weighted by Gasteiger charge is 2.18. The van der Waals surface area contributed by atoms with Gasteiger partial charge in [0.2, 0.25) is 5.91 Å². The van der Waals surface area contributed by atoms with Crippen molar-refractivity contribution in [3.8, 4) is 0 Å². The molecule has 3 rings (SSSR count). The van der Waals surface area contributed by atoms with E-state index in [1.807, 2.05) is 11.6 Å². The fourth-order valence-electron chi connectivity index (χ4n) is 2.42. The zero-order valence-corrected chi connectivity index (χ0v) is 13.3. The van der Waals surface area contributed by atoms with Crippen molar-refractivity contribution in [1.82, 2.24) is 15.3 Å². The van der Waals surface area contributed by atoms with Gasteiger partial charge in [-0.05, 0) is 31.8 Å². The number of piperidine rings is 1. The molecule has 7 heteroatoms. The van der Waals surface area contributed by atoms with Crippen LogP contribution >= 0.6 is 22.7 Å². The molecule has 0 unspecified atom stereocenters. The van der Waals surface area contributed by atoms with Gasteiger partial charge in [-0.2, -0.15) is 0 Å². The Hall–Kier alpha value is -1.31. The van der Waals surface area contributed by atoms with Crippen LogP contribution in [0.5, 0.6) is 0 Å². The number of hydrogen-bond acceptors (Lipinski definition) is 6. The highest BCUT2D eigenvalue weighted by molar-refractivity contribution is 7.15. The molecule has 112 valence electrons. The molecule has 1 amide bonds. The normalized spacial score (nSPS) is 16.0. The van der Waals surface area contributed by atoms with Gasteiger partial charge in [-0.25, -0.2) is 9.97 Å². The van der Waals surface area contributed by atoms with Crippen LogP contribution in [0.4, 0.5) is 5.13 Å². The lowest BCUT2D eigenvalue weighted by Gasteiger charge is -2.20. The number of carbonyl (C=O) groups excluding carboxylic acids is 1. The van der Waals surface area contributed by atoms with E-state index in [1.54, 1.807) is 28.9 Å². The van der Waals surface area contributed by atoms with Gasteiger partial charge in [0.15, 0.2) is 5.13 Å². The van der Waals surface area contributed by atoms with Crippen molar-refractivity contribution >= 4 is 33.7 Å². The molecule has 21 heavy (non-hydrogen) atoms. The Morgan fingerprint density at radius 3 is 3.00 bits per heavy atom. The quantitative estimate of drug-likeness (QED) is 0.888. The Morgan fingerprint density at radius 2 is 2.24 bits per heavy atom. The lowest BCUT2D eigenvalue weighted by Crippen LogP contribution is -2.26. The van der Waals surface area contributed by atoms with E-state index in [4.69, 9.17) is 0 Å². The van der Waals surface area contributed by atoms with Crippen LogP contribution in [0.15, 0.2) is 17.8 Å². The number of rotatable bonds is 5. The minimum atomic E-state index is 0.0106. The van der Waals surface area contributed by atoms with E-state index in [9.17, 15) is 4.79 Å². The first-order chi connectivity index (χ1) is 10.3. The van der Waals surface area contributed by atoms with E-state index in [1.165, 1.54) is 4.88 Å². The van der Waals surface area contributed by atoms with E-state index in [-0.39, 0.29) is 5.91 Å². The Morgan fingerprint density at radius 1 is 1.38 bits per heavy atom. The van der Waals surface area contributed by atoms with E-state index in [0.29, 0.717) is 23.9 Å². The van der Waals surface area contributed by atoms with E-state index < -0.39 is 0 Å². The monoisotopic (exact) mass is 322 g/mol. The molecular weight excluding hydrogens is 304 g/mol. The maximum absolute atomic E-state index is 11.9. The van der Waals surface area contributed by atoms with Crippen molar-refractivity contribution in [2.24, 2.45) is 0 Å². The molecule has 1 aliphatic rings. The Labute approximate surface area is 131 Å². The van der Waals surface area contributed by atoms with Crippen LogP contribution in [-0.4, -0.2) is 29.0 Å². The zero-order chi connectivity index (χ0) is 14.5. The smallest absolute Gasteiger partial charge is 0.226 e. The third-order valence-electron chi connectivity index (χ3n) is 3.56. The molecule has 0 aromatic carbocycles. The number of thiazole rings is 2. The summed E-state index contributed by atoms with van der Waals surface area (Å²) < 4.78 is 0. The van der Waals surface area contributed by atoms with Crippen LogP contribution in [0.1, 0.15) is 35.1 Å². The largest absolute Gasteiger partial charge is 0.317 e. The lowest BCUT2D eigenvalue weighted by molar-refractivity contribution is -0.116. The van der Waals surface area contributed by atoms with Crippen molar-refractivity contribution in [3.63, 3.8) is 0 Å². The third kappa shape index (κ3) is 4.09. The number of hydrogen-bond donors (Lipinski definition) is 2. The predicted octanol–water partition coefficient (Wildman–Crippen LogP) is 2.64.